The lowest BCUT2D eigenvalue weighted by Gasteiger charge is -2.35. The number of amides is 2. The highest BCUT2D eigenvalue weighted by Gasteiger charge is 2.26. The molecule has 3 aromatic rings. The average molecular weight is 464 g/mol. The van der Waals surface area contributed by atoms with Crippen molar-refractivity contribution in [2.45, 2.75) is 32.2 Å². The maximum atomic E-state index is 12.6. The van der Waals surface area contributed by atoms with Gasteiger partial charge in [-0.25, -0.2) is 0 Å². The molecule has 1 aromatic heterocycles. The van der Waals surface area contributed by atoms with E-state index in [0.29, 0.717) is 35.2 Å². The molecule has 1 atom stereocenters. The van der Waals surface area contributed by atoms with Crippen molar-refractivity contribution in [3.8, 4) is 5.75 Å². The van der Waals surface area contributed by atoms with E-state index >= 15 is 0 Å². The van der Waals surface area contributed by atoms with Gasteiger partial charge >= 0.3 is 0 Å². The highest BCUT2D eigenvalue weighted by Crippen LogP contribution is 2.35. The molecule has 7 heteroatoms. The van der Waals surface area contributed by atoms with Crippen LogP contribution >= 0.6 is 11.3 Å². The van der Waals surface area contributed by atoms with E-state index in [1.807, 2.05) is 23.5 Å². The Balaban J connectivity index is 1.30. The number of fused-ring (bicyclic) bond motifs is 1. The first-order valence-corrected chi connectivity index (χ1v) is 12.1. The van der Waals surface area contributed by atoms with E-state index in [0.717, 1.165) is 25.9 Å². The second kappa shape index (κ2) is 10.6. The van der Waals surface area contributed by atoms with Crippen molar-refractivity contribution in [2.24, 2.45) is 0 Å². The highest BCUT2D eigenvalue weighted by molar-refractivity contribution is 7.10. The summed E-state index contributed by atoms with van der Waals surface area (Å²) in [5.41, 5.74) is 3.22. The van der Waals surface area contributed by atoms with E-state index in [1.54, 1.807) is 43.5 Å². The van der Waals surface area contributed by atoms with E-state index in [9.17, 15) is 9.59 Å². The van der Waals surface area contributed by atoms with Crippen LogP contribution in [0.3, 0.4) is 0 Å². The molecule has 0 saturated heterocycles. The van der Waals surface area contributed by atoms with Crippen molar-refractivity contribution >= 4 is 34.5 Å². The first kappa shape index (κ1) is 23.0. The number of nitrogens with zero attached hydrogens (tertiary/aromatic N) is 1. The van der Waals surface area contributed by atoms with E-state index in [1.165, 1.54) is 10.4 Å². The van der Waals surface area contributed by atoms with Crippen LogP contribution in [0.2, 0.25) is 0 Å². The smallest absolute Gasteiger partial charge is 0.255 e. The summed E-state index contributed by atoms with van der Waals surface area (Å²) in [5, 5.41) is 7.97. The molecule has 2 N–H and O–H groups in total. The zero-order valence-electron chi connectivity index (χ0n) is 19.0. The third kappa shape index (κ3) is 5.43. The maximum absolute atomic E-state index is 12.6. The van der Waals surface area contributed by atoms with Crippen LogP contribution in [0.5, 0.6) is 5.75 Å². The molecule has 2 amide bonds. The summed E-state index contributed by atoms with van der Waals surface area (Å²) in [6.45, 7) is 3.93. The topological polar surface area (TPSA) is 70.7 Å². The maximum Gasteiger partial charge on any atom is 0.255 e. The molecule has 33 heavy (non-hydrogen) atoms. The molecule has 172 valence electrons. The molecule has 0 spiro atoms. The van der Waals surface area contributed by atoms with Crippen LogP contribution in [0.25, 0.3) is 0 Å². The molecule has 2 heterocycles. The molecule has 6 nitrogen and oxygen atoms in total. The van der Waals surface area contributed by atoms with Crippen LogP contribution in [-0.2, 0) is 11.2 Å². The molecule has 4 rings (SSSR count). The lowest BCUT2D eigenvalue weighted by atomic mass is 9.97. The molecule has 1 aliphatic rings. The zero-order valence-corrected chi connectivity index (χ0v) is 19.8. The Kier molecular flexibility index (Phi) is 7.42. The van der Waals surface area contributed by atoms with Crippen LogP contribution < -0.4 is 15.4 Å². The van der Waals surface area contributed by atoms with E-state index < -0.39 is 0 Å². The minimum atomic E-state index is -0.235. The van der Waals surface area contributed by atoms with E-state index in [2.05, 4.69) is 33.9 Å². The Hall–Kier alpha value is -3.16. The van der Waals surface area contributed by atoms with Gasteiger partial charge in [0.25, 0.3) is 5.91 Å². The summed E-state index contributed by atoms with van der Waals surface area (Å²) in [5.74, 6) is 0.344. The molecule has 0 fully saturated rings. The van der Waals surface area contributed by atoms with E-state index in [4.69, 9.17) is 4.74 Å². The van der Waals surface area contributed by atoms with Crippen LogP contribution in [0.1, 0.15) is 46.6 Å². The summed E-state index contributed by atoms with van der Waals surface area (Å²) < 4.78 is 5.27. The lowest BCUT2D eigenvalue weighted by Crippen LogP contribution is -2.36. The van der Waals surface area contributed by atoms with Crippen molar-refractivity contribution in [3.05, 3.63) is 76.0 Å². The van der Waals surface area contributed by atoms with Crippen molar-refractivity contribution in [3.63, 3.8) is 0 Å². The third-order valence-electron chi connectivity index (χ3n) is 6.00. The second-order valence-electron chi connectivity index (χ2n) is 8.04. The number of thiophene rings is 1. The van der Waals surface area contributed by atoms with Gasteiger partial charge in [-0.05, 0) is 66.2 Å². The number of benzene rings is 2. The first-order valence-electron chi connectivity index (χ1n) is 11.2. The van der Waals surface area contributed by atoms with E-state index in [-0.39, 0.29) is 11.8 Å². The van der Waals surface area contributed by atoms with Gasteiger partial charge in [-0.1, -0.05) is 19.1 Å². The number of carbonyl (C=O) groups excluding carboxylic acids is 2. The average Bonchev–Trinajstić information content (AvgIpc) is 3.32. The molecule has 1 aliphatic heterocycles. The normalized spacial score (nSPS) is 15.5. The Morgan fingerprint density at radius 3 is 2.64 bits per heavy atom. The standard InChI is InChI=1S/C26H29N3O3S/c1-3-22-20-14-17-33-24(20)12-15-29(22)16-13-25(30)27-19-10-8-18(9-11-19)26(31)28-21-6-4-5-7-23(21)32-2/h4-11,14,17,22H,3,12-13,15-16H2,1-2H3,(H,27,30)(H,28,31). The molecule has 0 bridgehead atoms. The van der Waals surface area contributed by atoms with Crippen LogP contribution in [0, 0.1) is 0 Å². The quantitative estimate of drug-likeness (QED) is 0.473. The van der Waals surface area contributed by atoms with Crippen LogP contribution in [-0.4, -0.2) is 36.9 Å². The Bertz CT molecular complexity index is 1110. The van der Waals surface area contributed by atoms with Gasteiger partial charge in [-0.15, -0.1) is 11.3 Å². The minimum Gasteiger partial charge on any atom is -0.495 e. The second-order valence-corrected chi connectivity index (χ2v) is 9.04. The number of hydrogen-bond donors (Lipinski definition) is 2. The summed E-state index contributed by atoms with van der Waals surface area (Å²) in [4.78, 5) is 29.0. The van der Waals surface area contributed by atoms with Crippen molar-refractivity contribution in [1.29, 1.82) is 0 Å². The number of ether oxygens (including phenoxy) is 1. The van der Waals surface area contributed by atoms with Crippen molar-refractivity contribution < 1.29 is 14.3 Å². The Morgan fingerprint density at radius 1 is 1.09 bits per heavy atom. The summed E-state index contributed by atoms with van der Waals surface area (Å²) in [7, 11) is 1.56. The number of carbonyl (C=O) groups is 2. The van der Waals surface area contributed by atoms with Crippen molar-refractivity contribution in [2.75, 3.05) is 30.8 Å². The lowest BCUT2D eigenvalue weighted by molar-refractivity contribution is -0.116. The van der Waals surface area contributed by atoms with Gasteiger partial charge in [0, 0.05) is 41.7 Å². The fourth-order valence-corrected chi connectivity index (χ4v) is 5.24. The predicted octanol–water partition coefficient (Wildman–Crippen LogP) is 5.35. The van der Waals surface area contributed by atoms with Crippen LogP contribution in [0.15, 0.2) is 60.0 Å². The van der Waals surface area contributed by atoms with Gasteiger partial charge in [0.05, 0.1) is 12.8 Å². The highest BCUT2D eigenvalue weighted by atomic mass is 32.1. The summed E-state index contributed by atoms with van der Waals surface area (Å²) >= 11 is 1.84. The Labute approximate surface area is 198 Å². The fourth-order valence-electron chi connectivity index (χ4n) is 4.31. The number of methoxy groups -OCH3 is 1. The number of rotatable bonds is 8. The molecule has 0 radical (unpaired) electrons. The van der Waals surface area contributed by atoms with Gasteiger partial charge in [0.1, 0.15) is 5.75 Å². The van der Waals surface area contributed by atoms with Gasteiger partial charge in [-0.2, -0.15) is 0 Å². The van der Waals surface area contributed by atoms with Gasteiger partial charge < -0.3 is 15.4 Å². The van der Waals surface area contributed by atoms with Gasteiger partial charge in [-0.3, -0.25) is 14.5 Å². The molecule has 1 unspecified atom stereocenters. The number of anilines is 2. The molecular weight excluding hydrogens is 434 g/mol. The molecule has 0 saturated carbocycles. The minimum absolute atomic E-state index is 0.0211. The summed E-state index contributed by atoms with van der Waals surface area (Å²) in [6, 6.07) is 16.8. The molecule has 0 aliphatic carbocycles. The summed E-state index contributed by atoms with van der Waals surface area (Å²) in [6.07, 6.45) is 2.54. The van der Waals surface area contributed by atoms with Crippen molar-refractivity contribution in [1.82, 2.24) is 4.90 Å². The number of para-hydroxylation sites is 2. The van der Waals surface area contributed by atoms with Gasteiger partial charge in [0.15, 0.2) is 0 Å². The van der Waals surface area contributed by atoms with Gasteiger partial charge in [0.2, 0.25) is 5.91 Å². The fraction of sp³-hybridized carbons (Fsp3) is 0.308. The first-order chi connectivity index (χ1) is 16.1. The monoisotopic (exact) mass is 463 g/mol. The number of hydrogen-bond acceptors (Lipinski definition) is 5. The number of nitrogens with one attached hydrogen (secondary N) is 2. The molecular formula is C26H29N3O3S. The zero-order chi connectivity index (χ0) is 23.2. The molecule has 2 aromatic carbocycles. The third-order valence-corrected chi connectivity index (χ3v) is 7.00. The Morgan fingerprint density at radius 2 is 1.88 bits per heavy atom. The predicted molar refractivity (Wildman–Crippen MR) is 133 cm³/mol. The van der Waals surface area contributed by atoms with Crippen LogP contribution in [0.4, 0.5) is 11.4 Å². The largest absolute Gasteiger partial charge is 0.495 e. The SMILES string of the molecule is CCC1c2ccsc2CCN1CCC(=O)Nc1ccc(C(=O)Nc2ccccc2OC)cc1.